The van der Waals surface area contributed by atoms with E-state index in [1.165, 1.54) is 18.2 Å². The van der Waals surface area contributed by atoms with Crippen molar-refractivity contribution in [1.82, 2.24) is 0 Å². The fourth-order valence-corrected chi connectivity index (χ4v) is 3.25. The minimum absolute atomic E-state index is 0.00781. The van der Waals surface area contributed by atoms with Crippen LogP contribution in [0.25, 0.3) is 11.0 Å². The van der Waals surface area contributed by atoms with Gasteiger partial charge in [-0.2, -0.15) is 0 Å². The zero-order chi connectivity index (χ0) is 20.4. The van der Waals surface area contributed by atoms with Gasteiger partial charge in [0.1, 0.15) is 11.4 Å². The van der Waals surface area contributed by atoms with Crippen molar-refractivity contribution in [2.75, 3.05) is 11.9 Å². The Labute approximate surface area is 167 Å². The zero-order valence-corrected chi connectivity index (χ0v) is 15.7. The molecule has 29 heavy (non-hydrogen) atoms. The Hall–Kier alpha value is -3.73. The smallest absolute Gasteiger partial charge is 0.217 e. The van der Waals surface area contributed by atoms with Gasteiger partial charge in [0.15, 0.2) is 11.5 Å². The van der Waals surface area contributed by atoms with Crippen LogP contribution in [0.4, 0.5) is 10.1 Å². The third-order valence-corrected chi connectivity index (χ3v) is 4.77. The van der Waals surface area contributed by atoms with Crippen LogP contribution in [0.3, 0.4) is 0 Å². The number of halogens is 1. The van der Waals surface area contributed by atoms with Crippen molar-refractivity contribution >= 4 is 28.2 Å². The number of hydrogen-bond acceptors (Lipinski definition) is 4. The average Bonchev–Trinajstić information content (AvgIpc) is 3.08. The molecular formula is C24H18FNO3. The summed E-state index contributed by atoms with van der Waals surface area (Å²) in [5.74, 6) is -0.511. The topological polar surface area (TPSA) is 59.3 Å². The van der Waals surface area contributed by atoms with Gasteiger partial charge in [0.05, 0.1) is 6.54 Å². The predicted molar refractivity (Wildman–Crippen MR) is 110 cm³/mol. The fraction of sp³-hybridized carbons (Fsp3) is 0.0833. The Morgan fingerprint density at radius 1 is 0.931 bits per heavy atom. The Bertz CT molecular complexity index is 1210. The van der Waals surface area contributed by atoms with Gasteiger partial charge in [0, 0.05) is 27.8 Å². The number of Topliss-reactive ketones (excluding diaryl/α,β-unsaturated/α-hetero) is 1. The van der Waals surface area contributed by atoms with Crippen LogP contribution in [0.1, 0.15) is 32.0 Å². The molecule has 0 aliphatic carbocycles. The quantitative estimate of drug-likeness (QED) is 0.450. The third-order valence-electron chi connectivity index (χ3n) is 4.77. The number of furan rings is 1. The van der Waals surface area contributed by atoms with Crippen LogP contribution in [0.15, 0.2) is 77.2 Å². The molecule has 4 aromatic rings. The van der Waals surface area contributed by atoms with E-state index in [-0.39, 0.29) is 29.7 Å². The average molecular weight is 387 g/mol. The van der Waals surface area contributed by atoms with Crippen LogP contribution in [-0.2, 0) is 0 Å². The highest BCUT2D eigenvalue weighted by Crippen LogP contribution is 2.26. The first-order valence-electron chi connectivity index (χ1n) is 9.18. The number of ketones is 2. The van der Waals surface area contributed by atoms with E-state index in [2.05, 4.69) is 5.32 Å². The second kappa shape index (κ2) is 7.72. The molecule has 0 radical (unpaired) electrons. The van der Waals surface area contributed by atoms with Gasteiger partial charge in [-0.25, -0.2) is 4.39 Å². The van der Waals surface area contributed by atoms with Crippen molar-refractivity contribution in [1.29, 1.82) is 0 Å². The van der Waals surface area contributed by atoms with Gasteiger partial charge < -0.3 is 9.73 Å². The number of nitrogens with one attached hydrogen (secondary N) is 1. The molecule has 144 valence electrons. The number of anilines is 1. The van der Waals surface area contributed by atoms with Crippen molar-refractivity contribution in [3.63, 3.8) is 0 Å². The molecule has 0 aliphatic heterocycles. The normalized spacial score (nSPS) is 10.8. The zero-order valence-electron chi connectivity index (χ0n) is 15.7. The molecule has 0 unspecified atom stereocenters. The minimum Gasteiger partial charge on any atom is -0.453 e. The number of hydrogen-bond donors (Lipinski definition) is 1. The largest absolute Gasteiger partial charge is 0.453 e. The van der Waals surface area contributed by atoms with Crippen molar-refractivity contribution < 1.29 is 18.4 Å². The molecular weight excluding hydrogens is 369 g/mol. The van der Waals surface area contributed by atoms with E-state index in [4.69, 9.17) is 4.42 Å². The molecule has 4 nitrogen and oxygen atoms in total. The van der Waals surface area contributed by atoms with Gasteiger partial charge in [0.2, 0.25) is 5.78 Å². The van der Waals surface area contributed by atoms with Crippen molar-refractivity contribution in [2.24, 2.45) is 0 Å². The number of carbonyl (C=O) groups is 2. The molecule has 0 aliphatic rings. The van der Waals surface area contributed by atoms with E-state index in [0.717, 1.165) is 0 Å². The molecule has 1 heterocycles. The van der Waals surface area contributed by atoms with E-state index in [1.807, 2.05) is 18.2 Å². The van der Waals surface area contributed by atoms with Crippen LogP contribution in [-0.4, -0.2) is 18.1 Å². The molecule has 0 saturated heterocycles. The van der Waals surface area contributed by atoms with Crippen LogP contribution >= 0.6 is 0 Å². The van der Waals surface area contributed by atoms with Gasteiger partial charge in [-0.3, -0.25) is 9.59 Å². The highest BCUT2D eigenvalue weighted by Gasteiger charge is 2.18. The van der Waals surface area contributed by atoms with Crippen LogP contribution in [0, 0.1) is 12.7 Å². The predicted octanol–water partition coefficient (Wildman–Crippen LogP) is 5.41. The van der Waals surface area contributed by atoms with Crippen LogP contribution in [0.2, 0.25) is 0 Å². The summed E-state index contributed by atoms with van der Waals surface area (Å²) in [5, 5.41) is 3.62. The highest BCUT2D eigenvalue weighted by atomic mass is 19.1. The van der Waals surface area contributed by atoms with Gasteiger partial charge in [0.25, 0.3) is 0 Å². The second-order valence-corrected chi connectivity index (χ2v) is 6.75. The molecule has 0 spiro atoms. The minimum atomic E-state index is -0.376. The second-order valence-electron chi connectivity index (χ2n) is 6.75. The molecule has 0 bridgehead atoms. The summed E-state index contributed by atoms with van der Waals surface area (Å²) in [6.45, 7) is 1.73. The molecule has 1 N–H and O–H groups in total. The number of fused-ring (bicyclic) bond motifs is 1. The lowest BCUT2D eigenvalue weighted by Gasteiger charge is -2.07. The van der Waals surface area contributed by atoms with E-state index in [1.54, 1.807) is 43.3 Å². The summed E-state index contributed by atoms with van der Waals surface area (Å²) in [4.78, 5) is 25.2. The van der Waals surface area contributed by atoms with Crippen LogP contribution < -0.4 is 5.32 Å². The van der Waals surface area contributed by atoms with E-state index in [9.17, 15) is 14.0 Å². The van der Waals surface area contributed by atoms with E-state index in [0.29, 0.717) is 33.3 Å². The standard InChI is InChI=1S/C24H18FNO3/c1-15-20-13-18(25)10-11-22(20)29-24(15)21(27)14-26-19-9-5-8-17(12-19)23(28)16-6-3-2-4-7-16/h2-13,26H,14H2,1H3. The number of aryl methyl sites for hydroxylation is 1. The summed E-state index contributed by atoms with van der Waals surface area (Å²) in [6.07, 6.45) is 0. The summed E-state index contributed by atoms with van der Waals surface area (Å²) >= 11 is 0. The number of benzene rings is 3. The number of rotatable bonds is 6. The first-order chi connectivity index (χ1) is 14.0. The van der Waals surface area contributed by atoms with E-state index >= 15 is 0 Å². The molecule has 0 fully saturated rings. The fourth-order valence-electron chi connectivity index (χ4n) is 3.25. The monoisotopic (exact) mass is 387 g/mol. The molecule has 3 aromatic carbocycles. The molecule has 1 aromatic heterocycles. The van der Waals surface area contributed by atoms with Crippen LogP contribution in [0.5, 0.6) is 0 Å². The highest BCUT2D eigenvalue weighted by molar-refractivity contribution is 6.09. The summed E-state index contributed by atoms with van der Waals surface area (Å²) in [6, 6.07) is 20.2. The summed E-state index contributed by atoms with van der Waals surface area (Å²) in [7, 11) is 0. The van der Waals surface area contributed by atoms with Gasteiger partial charge >= 0.3 is 0 Å². The lowest BCUT2D eigenvalue weighted by atomic mass is 10.0. The molecule has 5 heteroatoms. The Morgan fingerprint density at radius 3 is 2.48 bits per heavy atom. The molecule has 4 rings (SSSR count). The molecule has 0 saturated carbocycles. The lowest BCUT2D eigenvalue weighted by molar-refractivity contribution is 0.0980. The van der Waals surface area contributed by atoms with Crippen molar-refractivity contribution in [3.8, 4) is 0 Å². The van der Waals surface area contributed by atoms with Gasteiger partial charge in [-0.1, -0.05) is 42.5 Å². The van der Waals surface area contributed by atoms with Gasteiger partial charge in [-0.05, 0) is 37.3 Å². The van der Waals surface area contributed by atoms with Crippen molar-refractivity contribution in [3.05, 3.63) is 101 Å². The van der Waals surface area contributed by atoms with Crippen molar-refractivity contribution in [2.45, 2.75) is 6.92 Å². The Kier molecular flexibility index (Phi) is 4.96. The van der Waals surface area contributed by atoms with E-state index < -0.39 is 0 Å². The molecule has 0 atom stereocenters. The Balaban J connectivity index is 1.50. The molecule has 0 amide bonds. The SMILES string of the molecule is Cc1c(C(=O)CNc2cccc(C(=O)c3ccccc3)c2)oc2ccc(F)cc12. The maximum Gasteiger partial charge on any atom is 0.217 e. The first-order valence-corrected chi connectivity index (χ1v) is 9.18. The summed E-state index contributed by atoms with van der Waals surface area (Å²) in [5.41, 5.74) is 2.87. The van der Waals surface area contributed by atoms with Gasteiger partial charge in [-0.15, -0.1) is 0 Å². The summed E-state index contributed by atoms with van der Waals surface area (Å²) < 4.78 is 19.1. The maximum atomic E-state index is 13.5. The maximum absolute atomic E-state index is 13.5. The number of carbonyl (C=O) groups excluding carboxylic acids is 2. The first kappa shape index (κ1) is 18.6. The third kappa shape index (κ3) is 3.80. The Morgan fingerprint density at radius 2 is 1.69 bits per heavy atom. The lowest BCUT2D eigenvalue weighted by Crippen LogP contribution is -2.14.